The first kappa shape index (κ1) is 22.0. The van der Waals surface area contributed by atoms with Gasteiger partial charge < -0.3 is 34.6 Å². The van der Waals surface area contributed by atoms with Gasteiger partial charge in [-0.15, -0.1) is 0 Å². The third-order valence-electron chi connectivity index (χ3n) is 8.14. The van der Waals surface area contributed by atoms with E-state index in [1.165, 1.54) is 0 Å². The average molecular weight is 443 g/mol. The molecule has 1 aliphatic carbocycles. The first-order valence-corrected chi connectivity index (χ1v) is 11.3. The number of ether oxygens (including phenoxy) is 3. The van der Waals surface area contributed by atoms with Crippen molar-refractivity contribution in [3.05, 3.63) is 0 Å². The Morgan fingerprint density at radius 2 is 1.81 bits per heavy atom. The van der Waals surface area contributed by atoms with Crippen LogP contribution in [0, 0.1) is 23.7 Å². The monoisotopic (exact) mass is 443 g/mol. The van der Waals surface area contributed by atoms with Crippen LogP contribution >= 0.6 is 0 Å². The first-order valence-electron chi connectivity index (χ1n) is 11.3. The summed E-state index contributed by atoms with van der Waals surface area (Å²) in [6, 6.07) is -1.15. The SMILES string of the molecule is C[C@@H]1CCC2[C@@H](C)C(=NC3[C@H](O)O[C@@H](CO)[C@H](O)[C@H]3O)O[C@@H]3O[C@@]4(C)CCC1C23OO4. The van der Waals surface area contributed by atoms with Gasteiger partial charge in [0.2, 0.25) is 12.1 Å². The lowest BCUT2D eigenvalue weighted by molar-refractivity contribution is -0.557. The van der Waals surface area contributed by atoms with E-state index < -0.39 is 54.9 Å². The Bertz CT molecular complexity index is 736. The zero-order valence-corrected chi connectivity index (χ0v) is 18.1. The minimum atomic E-state index is -1.49. The van der Waals surface area contributed by atoms with Gasteiger partial charge in [-0.25, -0.2) is 14.8 Å². The minimum absolute atomic E-state index is 0.0164. The second kappa shape index (κ2) is 7.59. The molecule has 1 spiro atoms. The van der Waals surface area contributed by atoms with E-state index in [1.54, 1.807) is 0 Å². The predicted molar refractivity (Wildman–Crippen MR) is 104 cm³/mol. The molecule has 5 aliphatic heterocycles. The van der Waals surface area contributed by atoms with Crippen molar-refractivity contribution < 1.29 is 44.4 Å². The Balaban J connectivity index is 1.49. The molecule has 4 unspecified atom stereocenters. The second-order valence-corrected chi connectivity index (χ2v) is 10.0. The van der Waals surface area contributed by atoms with Crippen LogP contribution < -0.4 is 0 Å². The molecule has 176 valence electrons. The number of aliphatic hydroxyl groups is 4. The summed E-state index contributed by atoms with van der Waals surface area (Å²) < 4.78 is 17.8. The van der Waals surface area contributed by atoms with E-state index in [0.717, 1.165) is 19.3 Å². The van der Waals surface area contributed by atoms with Gasteiger partial charge in [-0.2, -0.15) is 0 Å². The average Bonchev–Trinajstić information content (AvgIpc) is 2.97. The molecular formula is C21H33NO9. The van der Waals surface area contributed by atoms with Gasteiger partial charge in [0.1, 0.15) is 24.4 Å². The largest absolute Gasteiger partial charge is 0.448 e. The normalized spacial score (nSPS) is 57.8. The fourth-order valence-electron chi connectivity index (χ4n) is 6.29. The van der Waals surface area contributed by atoms with E-state index in [2.05, 4.69) is 11.9 Å². The highest BCUT2D eigenvalue weighted by Gasteiger charge is 2.69. The summed E-state index contributed by atoms with van der Waals surface area (Å²) in [7, 11) is 0. The molecule has 5 heterocycles. The molecule has 10 nitrogen and oxygen atoms in total. The molecule has 12 atom stereocenters. The summed E-state index contributed by atoms with van der Waals surface area (Å²) >= 11 is 0. The summed E-state index contributed by atoms with van der Waals surface area (Å²) in [6.45, 7) is 5.53. The van der Waals surface area contributed by atoms with Crippen molar-refractivity contribution in [2.24, 2.45) is 28.7 Å². The van der Waals surface area contributed by atoms with Gasteiger partial charge in [-0.1, -0.05) is 13.8 Å². The zero-order valence-electron chi connectivity index (χ0n) is 18.1. The maximum atomic E-state index is 10.5. The molecule has 0 amide bonds. The van der Waals surface area contributed by atoms with Crippen molar-refractivity contribution in [1.82, 2.24) is 0 Å². The Morgan fingerprint density at radius 1 is 1.03 bits per heavy atom. The molecule has 6 aliphatic rings. The third-order valence-corrected chi connectivity index (χ3v) is 8.14. The van der Waals surface area contributed by atoms with Gasteiger partial charge in [-0.3, -0.25) is 0 Å². The molecule has 4 N–H and O–H groups in total. The number of aliphatic hydroxyl groups excluding tert-OH is 4. The van der Waals surface area contributed by atoms with Crippen LogP contribution in [-0.4, -0.2) is 81.3 Å². The quantitative estimate of drug-likeness (QED) is 0.437. The Labute approximate surface area is 181 Å². The highest BCUT2D eigenvalue weighted by atomic mass is 17.3. The fourth-order valence-corrected chi connectivity index (χ4v) is 6.29. The topological polar surface area (TPSA) is 139 Å². The molecule has 6 fully saturated rings. The lowest BCUT2D eigenvalue weighted by atomic mass is 9.58. The van der Waals surface area contributed by atoms with Crippen molar-refractivity contribution in [1.29, 1.82) is 0 Å². The second-order valence-electron chi connectivity index (χ2n) is 10.0. The van der Waals surface area contributed by atoms with Gasteiger partial charge in [0, 0.05) is 24.2 Å². The Morgan fingerprint density at radius 3 is 2.55 bits per heavy atom. The van der Waals surface area contributed by atoms with E-state index in [-0.39, 0.29) is 17.8 Å². The summed E-state index contributed by atoms with van der Waals surface area (Å²) in [5.74, 6) is -0.112. The van der Waals surface area contributed by atoms with Crippen molar-refractivity contribution in [2.75, 3.05) is 6.61 Å². The molecule has 10 heteroatoms. The molecule has 31 heavy (non-hydrogen) atoms. The summed E-state index contributed by atoms with van der Waals surface area (Å²) in [6.07, 6.45) is -2.57. The van der Waals surface area contributed by atoms with Crippen LogP contribution in [0.25, 0.3) is 0 Å². The Kier molecular flexibility index (Phi) is 5.38. The van der Waals surface area contributed by atoms with Gasteiger partial charge in [-0.05, 0) is 32.1 Å². The third kappa shape index (κ3) is 3.18. The van der Waals surface area contributed by atoms with Crippen LogP contribution in [0.4, 0.5) is 0 Å². The van der Waals surface area contributed by atoms with Crippen LogP contribution in [0.15, 0.2) is 4.99 Å². The number of hydrogen-bond donors (Lipinski definition) is 4. The molecule has 0 radical (unpaired) electrons. The lowest BCUT2D eigenvalue weighted by Gasteiger charge is -2.58. The highest BCUT2D eigenvalue weighted by Crippen LogP contribution is 2.59. The maximum Gasteiger partial charge on any atom is 0.237 e. The number of fused-ring (bicyclic) bond motifs is 2. The molecule has 1 saturated carbocycles. The van der Waals surface area contributed by atoms with E-state index >= 15 is 0 Å². The number of hydrogen-bond acceptors (Lipinski definition) is 10. The van der Waals surface area contributed by atoms with E-state index in [4.69, 9.17) is 24.0 Å². The fraction of sp³-hybridized carbons (Fsp3) is 0.952. The van der Waals surface area contributed by atoms with Gasteiger partial charge in [0.25, 0.3) is 0 Å². The minimum Gasteiger partial charge on any atom is -0.448 e. The highest BCUT2D eigenvalue weighted by molar-refractivity contribution is 5.80. The van der Waals surface area contributed by atoms with Gasteiger partial charge in [0.15, 0.2) is 17.8 Å². The summed E-state index contributed by atoms with van der Waals surface area (Å²) in [5.41, 5.74) is -0.742. The molecule has 6 rings (SSSR count). The predicted octanol–water partition coefficient (Wildman–Crippen LogP) is 0.0667. The van der Waals surface area contributed by atoms with E-state index in [0.29, 0.717) is 18.2 Å². The number of nitrogens with zero attached hydrogens (tertiary/aromatic N) is 1. The summed E-state index contributed by atoms with van der Waals surface area (Å²) in [4.78, 5) is 16.4. The van der Waals surface area contributed by atoms with Crippen molar-refractivity contribution in [3.63, 3.8) is 0 Å². The van der Waals surface area contributed by atoms with Gasteiger partial charge in [0.05, 0.1) is 6.61 Å². The van der Waals surface area contributed by atoms with Crippen LogP contribution in [0.1, 0.15) is 46.5 Å². The van der Waals surface area contributed by atoms with Crippen LogP contribution in [0.3, 0.4) is 0 Å². The Hall–Kier alpha value is -0.850. The molecule has 5 saturated heterocycles. The molecule has 0 aromatic heterocycles. The zero-order chi connectivity index (χ0) is 22.1. The lowest BCUT2D eigenvalue weighted by Crippen LogP contribution is -2.70. The van der Waals surface area contributed by atoms with Crippen molar-refractivity contribution in [2.45, 2.75) is 94.8 Å². The maximum absolute atomic E-state index is 10.5. The van der Waals surface area contributed by atoms with E-state index in [9.17, 15) is 20.4 Å². The first-order chi connectivity index (χ1) is 14.7. The number of aliphatic imine (C=N–C) groups is 1. The van der Waals surface area contributed by atoms with Crippen LogP contribution in [0.2, 0.25) is 0 Å². The number of rotatable bonds is 2. The molecule has 0 aromatic carbocycles. The van der Waals surface area contributed by atoms with Crippen molar-refractivity contribution in [3.8, 4) is 0 Å². The summed E-state index contributed by atoms with van der Waals surface area (Å²) in [5, 5.41) is 40.4. The van der Waals surface area contributed by atoms with Crippen molar-refractivity contribution >= 4 is 5.90 Å². The van der Waals surface area contributed by atoms with Crippen LogP contribution in [0.5, 0.6) is 0 Å². The smallest absolute Gasteiger partial charge is 0.237 e. The van der Waals surface area contributed by atoms with E-state index in [1.807, 2.05) is 13.8 Å². The molecule has 0 aromatic rings. The molecule has 2 bridgehead atoms. The molecular weight excluding hydrogens is 410 g/mol. The standard InChI is InChI=1S/C21H33NO9/c1-9-4-5-12-10(2)17(22-14-16(25)15(24)13(8-23)27-18(14)26)28-19-21(12)11(9)6-7-20(3,29-19)30-31-21/h9-16,18-19,23-26H,4-8H2,1-3H3/t9-,10-,11?,12?,13+,14?,15+,16+,18-,19-,20-,21?/m1/s1. The van der Waals surface area contributed by atoms with Crippen LogP contribution in [-0.2, 0) is 24.0 Å². The van der Waals surface area contributed by atoms with Gasteiger partial charge >= 0.3 is 0 Å².